The van der Waals surface area contributed by atoms with E-state index in [9.17, 15) is 4.39 Å². The number of hydrogen-bond acceptors (Lipinski definition) is 1. The second-order valence-corrected chi connectivity index (χ2v) is 6.58. The molecular formula is C18H28FN. The lowest BCUT2D eigenvalue weighted by atomic mass is 9.77. The van der Waals surface area contributed by atoms with Gasteiger partial charge < -0.3 is 5.32 Å². The van der Waals surface area contributed by atoms with Crippen LogP contribution in [0, 0.1) is 25.1 Å². The molecule has 0 bridgehead atoms. The van der Waals surface area contributed by atoms with Crippen molar-refractivity contribution in [1.29, 1.82) is 0 Å². The third kappa shape index (κ3) is 3.60. The van der Waals surface area contributed by atoms with Crippen LogP contribution in [0.25, 0.3) is 0 Å². The standard InChI is InChI=1S/C18H28FN/c1-14-12-16(19)13-15(2)17(14)6-9-18(10-11-20-3)7-4-5-8-18/h12-13,20H,4-11H2,1-3H3. The van der Waals surface area contributed by atoms with Crippen LogP contribution in [0.2, 0.25) is 0 Å². The van der Waals surface area contributed by atoms with E-state index >= 15 is 0 Å². The smallest absolute Gasteiger partial charge is 0.123 e. The molecular weight excluding hydrogens is 249 g/mol. The van der Waals surface area contributed by atoms with Gasteiger partial charge in [-0.15, -0.1) is 0 Å². The topological polar surface area (TPSA) is 12.0 Å². The van der Waals surface area contributed by atoms with Crippen molar-refractivity contribution in [3.05, 3.63) is 34.6 Å². The van der Waals surface area contributed by atoms with Crippen molar-refractivity contribution in [1.82, 2.24) is 5.32 Å². The Hall–Kier alpha value is -0.890. The van der Waals surface area contributed by atoms with E-state index in [-0.39, 0.29) is 5.82 Å². The van der Waals surface area contributed by atoms with E-state index < -0.39 is 0 Å². The largest absolute Gasteiger partial charge is 0.320 e. The van der Waals surface area contributed by atoms with Crippen LogP contribution in [-0.2, 0) is 6.42 Å². The third-order valence-corrected chi connectivity index (χ3v) is 5.14. The summed E-state index contributed by atoms with van der Waals surface area (Å²) in [6.07, 6.45) is 9.13. The lowest BCUT2D eigenvalue weighted by molar-refractivity contribution is 0.247. The van der Waals surface area contributed by atoms with Crippen molar-refractivity contribution in [2.75, 3.05) is 13.6 Å². The van der Waals surface area contributed by atoms with Crippen LogP contribution in [0.4, 0.5) is 4.39 Å². The molecule has 1 aliphatic rings. The predicted octanol–water partition coefficient (Wildman–Crippen LogP) is 4.55. The number of rotatable bonds is 6. The first kappa shape index (κ1) is 15.5. The van der Waals surface area contributed by atoms with Gasteiger partial charge in [-0.25, -0.2) is 4.39 Å². The van der Waals surface area contributed by atoms with E-state index in [4.69, 9.17) is 0 Å². The van der Waals surface area contributed by atoms with Crippen LogP contribution in [-0.4, -0.2) is 13.6 Å². The van der Waals surface area contributed by atoms with Gasteiger partial charge in [-0.3, -0.25) is 0 Å². The van der Waals surface area contributed by atoms with E-state index in [2.05, 4.69) is 5.32 Å². The molecule has 0 heterocycles. The maximum Gasteiger partial charge on any atom is 0.123 e. The van der Waals surface area contributed by atoms with Gasteiger partial charge in [-0.05, 0) is 93.8 Å². The van der Waals surface area contributed by atoms with Gasteiger partial charge in [0.25, 0.3) is 0 Å². The molecule has 20 heavy (non-hydrogen) atoms. The fraction of sp³-hybridized carbons (Fsp3) is 0.667. The van der Waals surface area contributed by atoms with Gasteiger partial charge in [0, 0.05) is 0 Å². The van der Waals surface area contributed by atoms with Crippen molar-refractivity contribution in [2.24, 2.45) is 5.41 Å². The molecule has 0 atom stereocenters. The molecule has 1 aromatic rings. The SMILES string of the molecule is CNCCC1(CCc2c(C)cc(F)cc2C)CCCC1. The molecule has 1 saturated carbocycles. The van der Waals surface area contributed by atoms with Crippen molar-refractivity contribution in [2.45, 2.75) is 58.8 Å². The van der Waals surface area contributed by atoms with Gasteiger partial charge in [0.2, 0.25) is 0 Å². The van der Waals surface area contributed by atoms with Gasteiger partial charge in [-0.1, -0.05) is 12.8 Å². The summed E-state index contributed by atoms with van der Waals surface area (Å²) in [5.41, 5.74) is 4.12. The van der Waals surface area contributed by atoms with Crippen LogP contribution in [0.15, 0.2) is 12.1 Å². The van der Waals surface area contributed by atoms with E-state index in [1.807, 2.05) is 20.9 Å². The second kappa shape index (κ2) is 6.71. The third-order valence-electron chi connectivity index (χ3n) is 5.14. The number of nitrogens with one attached hydrogen (secondary N) is 1. The first-order valence-electron chi connectivity index (χ1n) is 7.97. The van der Waals surface area contributed by atoms with Gasteiger partial charge in [-0.2, -0.15) is 0 Å². The minimum Gasteiger partial charge on any atom is -0.320 e. The molecule has 0 spiro atoms. The van der Waals surface area contributed by atoms with Crippen LogP contribution < -0.4 is 5.32 Å². The molecule has 0 aliphatic heterocycles. The van der Waals surface area contributed by atoms with Gasteiger partial charge in [0.15, 0.2) is 0 Å². The molecule has 1 aromatic carbocycles. The fourth-order valence-corrected chi connectivity index (χ4v) is 3.87. The zero-order valence-corrected chi connectivity index (χ0v) is 13.2. The summed E-state index contributed by atoms with van der Waals surface area (Å²) in [6, 6.07) is 3.36. The number of benzene rings is 1. The lowest BCUT2D eigenvalue weighted by Crippen LogP contribution is -2.23. The molecule has 1 nitrogen and oxygen atoms in total. The number of aryl methyl sites for hydroxylation is 2. The molecule has 1 N–H and O–H groups in total. The molecule has 112 valence electrons. The van der Waals surface area contributed by atoms with E-state index in [0.29, 0.717) is 5.41 Å². The Morgan fingerprint density at radius 1 is 1.10 bits per heavy atom. The highest BCUT2D eigenvalue weighted by atomic mass is 19.1. The Labute approximate surface area is 123 Å². The molecule has 1 aliphatic carbocycles. The van der Waals surface area contributed by atoms with Crippen LogP contribution in [0.1, 0.15) is 55.2 Å². The van der Waals surface area contributed by atoms with Gasteiger partial charge >= 0.3 is 0 Å². The molecule has 0 aromatic heterocycles. The zero-order valence-electron chi connectivity index (χ0n) is 13.2. The summed E-state index contributed by atoms with van der Waals surface area (Å²) in [7, 11) is 2.04. The van der Waals surface area contributed by atoms with Crippen molar-refractivity contribution < 1.29 is 4.39 Å². The molecule has 1 fully saturated rings. The fourth-order valence-electron chi connectivity index (χ4n) is 3.87. The van der Waals surface area contributed by atoms with Crippen LogP contribution >= 0.6 is 0 Å². The average Bonchev–Trinajstić information content (AvgIpc) is 2.84. The summed E-state index contributed by atoms with van der Waals surface area (Å²) < 4.78 is 13.4. The monoisotopic (exact) mass is 277 g/mol. The lowest BCUT2D eigenvalue weighted by Gasteiger charge is -2.29. The molecule has 2 heteroatoms. The minimum absolute atomic E-state index is 0.102. The summed E-state index contributed by atoms with van der Waals surface area (Å²) >= 11 is 0. The predicted molar refractivity (Wildman–Crippen MR) is 83.6 cm³/mol. The molecule has 0 amide bonds. The van der Waals surface area contributed by atoms with Crippen LogP contribution in [0.5, 0.6) is 0 Å². The Morgan fingerprint density at radius 3 is 2.25 bits per heavy atom. The van der Waals surface area contributed by atoms with Crippen LogP contribution in [0.3, 0.4) is 0 Å². The van der Waals surface area contributed by atoms with Gasteiger partial charge in [0.05, 0.1) is 0 Å². The normalized spacial score (nSPS) is 17.6. The Morgan fingerprint density at radius 2 is 1.70 bits per heavy atom. The molecule has 0 radical (unpaired) electrons. The molecule has 0 unspecified atom stereocenters. The summed E-state index contributed by atoms with van der Waals surface area (Å²) in [6.45, 7) is 5.20. The highest BCUT2D eigenvalue weighted by molar-refractivity contribution is 5.34. The maximum atomic E-state index is 13.4. The Kier molecular flexibility index (Phi) is 5.20. The number of hydrogen-bond donors (Lipinski definition) is 1. The highest BCUT2D eigenvalue weighted by Gasteiger charge is 2.32. The van der Waals surface area contributed by atoms with E-state index in [0.717, 1.165) is 24.1 Å². The van der Waals surface area contributed by atoms with Crippen molar-refractivity contribution >= 4 is 0 Å². The Balaban J connectivity index is 2.06. The van der Waals surface area contributed by atoms with E-state index in [1.165, 1.54) is 44.1 Å². The summed E-state index contributed by atoms with van der Waals surface area (Å²) in [5.74, 6) is -0.102. The molecule has 0 saturated heterocycles. The van der Waals surface area contributed by atoms with Crippen molar-refractivity contribution in [3.8, 4) is 0 Å². The second-order valence-electron chi connectivity index (χ2n) is 6.58. The number of halogens is 1. The minimum atomic E-state index is -0.102. The Bertz CT molecular complexity index is 424. The quantitative estimate of drug-likeness (QED) is 0.804. The summed E-state index contributed by atoms with van der Waals surface area (Å²) in [4.78, 5) is 0. The summed E-state index contributed by atoms with van der Waals surface area (Å²) in [5, 5.41) is 3.30. The average molecular weight is 277 g/mol. The molecule has 2 rings (SSSR count). The van der Waals surface area contributed by atoms with Gasteiger partial charge in [0.1, 0.15) is 5.82 Å². The maximum absolute atomic E-state index is 13.4. The van der Waals surface area contributed by atoms with E-state index in [1.54, 1.807) is 12.1 Å². The zero-order chi connectivity index (χ0) is 14.6. The first-order valence-corrected chi connectivity index (χ1v) is 7.97. The van der Waals surface area contributed by atoms with Crippen molar-refractivity contribution in [3.63, 3.8) is 0 Å². The first-order chi connectivity index (χ1) is 9.56. The highest BCUT2D eigenvalue weighted by Crippen LogP contribution is 2.44.